The van der Waals surface area contributed by atoms with Crippen LogP contribution in [-0.2, 0) is 0 Å². The van der Waals surface area contributed by atoms with E-state index >= 15 is 0 Å². The molecule has 18 heavy (non-hydrogen) atoms. The Balaban J connectivity index is 2.32. The quantitative estimate of drug-likeness (QED) is 0.799. The Morgan fingerprint density at radius 1 is 1.28 bits per heavy atom. The summed E-state index contributed by atoms with van der Waals surface area (Å²) in [5, 5.41) is 3.67. The summed E-state index contributed by atoms with van der Waals surface area (Å²) in [5.41, 5.74) is 0.685. The number of benzene rings is 1. The number of nitrogens with one attached hydrogen (secondary N) is 1. The molecule has 0 aromatic heterocycles. The molecule has 0 heterocycles. The summed E-state index contributed by atoms with van der Waals surface area (Å²) < 4.78 is 26.5. The summed E-state index contributed by atoms with van der Waals surface area (Å²) >= 11 is 6.06. The minimum atomic E-state index is -0.884. The van der Waals surface area contributed by atoms with Gasteiger partial charge in [0.15, 0.2) is 11.6 Å². The molecule has 1 aromatic carbocycles. The highest BCUT2D eigenvalue weighted by Crippen LogP contribution is 2.38. The highest BCUT2D eigenvalue weighted by atomic mass is 35.5. The van der Waals surface area contributed by atoms with Crippen molar-refractivity contribution >= 4 is 11.6 Å². The van der Waals surface area contributed by atoms with E-state index in [0.717, 1.165) is 25.5 Å². The molecule has 1 fully saturated rings. The summed E-state index contributed by atoms with van der Waals surface area (Å²) in [6.45, 7) is 2.80. The van der Waals surface area contributed by atoms with Crippen LogP contribution in [0.4, 0.5) is 8.78 Å². The third kappa shape index (κ3) is 2.83. The molecule has 0 aliphatic heterocycles. The maximum Gasteiger partial charge on any atom is 0.160 e. The van der Waals surface area contributed by atoms with Gasteiger partial charge in [0, 0.05) is 11.1 Å². The first-order valence-electron chi connectivity index (χ1n) is 6.51. The molecule has 0 spiro atoms. The van der Waals surface area contributed by atoms with Crippen molar-refractivity contribution in [2.75, 3.05) is 6.54 Å². The van der Waals surface area contributed by atoms with Crippen LogP contribution in [0.2, 0.25) is 5.02 Å². The van der Waals surface area contributed by atoms with Crippen molar-refractivity contribution in [1.29, 1.82) is 0 Å². The molecule has 100 valence electrons. The maximum absolute atomic E-state index is 13.4. The van der Waals surface area contributed by atoms with E-state index in [1.807, 2.05) is 6.92 Å². The lowest BCUT2D eigenvalue weighted by Gasteiger charge is -2.25. The van der Waals surface area contributed by atoms with Crippen LogP contribution in [0.25, 0.3) is 0 Å². The van der Waals surface area contributed by atoms with Gasteiger partial charge in [-0.2, -0.15) is 0 Å². The summed E-state index contributed by atoms with van der Waals surface area (Å²) in [6, 6.07) is 2.34. The minimum absolute atomic E-state index is 0.0279. The molecule has 1 aliphatic rings. The van der Waals surface area contributed by atoms with Crippen molar-refractivity contribution in [3.8, 4) is 0 Å². The standard InChI is InChI=1S/C14H18ClF2N/c1-2-18-14(9-5-3-4-6-9)10-7-12(16)13(17)8-11(10)15/h7-9,14,18H,2-6H2,1H3. The third-order valence-electron chi connectivity index (χ3n) is 3.67. The summed E-state index contributed by atoms with van der Waals surface area (Å²) in [7, 11) is 0. The normalized spacial score (nSPS) is 18.2. The Morgan fingerprint density at radius 2 is 1.89 bits per heavy atom. The van der Waals surface area contributed by atoms with Crippen LogP contribution in [0.3, 0.4) is 0 Å². The molecule has 0 saturated heterocycles. The number of rotatable bonds is 4. The van der Waals surface area contributed by atoms with Gasteiger partial charge in [-0.05, 0) is 43.0 Å². The fourth-order valence-electron chi connectivity index (χ4n) is 2.82. The fraction of sp³-hybridized carbons (Fsp3) is 0.571. The molecule has 1 unspecified atom stereocenters. The lowest BCUT2D eigenvalue weighted by molar-refractivity contribution is 0.372. The Morgan fingerprint density at radius 3 is 2.50 bits per heavy atom. The lowest BCUT2D eigenvalue weighted by Crippen LogP contribution is -2.27. The summed E-state index contributed by atoms with van der Waals surface area (Å²) in [6.07, 6.45) is 4.64. The predicted molar refractivity (Wildman–Crippen MR) is 69.7 cm³/mol. The molecule has 1 nitrogen and oxygen atoms in total. The molecular weight excluding hydrogens is 256 g/mol. The van der Waals surface area contributed by atoms with Gasteiger partial charge >= 0.3 is 0 Å². The van der Waals surface area contributed by atoms with Crippen LogP contribution in [0, 0.1) is 17.6 Å². The van der Waals surface area contributed by atoms with Gasteiger partial charge in [0.05, 0.1) is 0 Å². The monoisotopic (exact) mass is 273 g/mol. The van der Waals surface area contributed by atoms with E-state index < -0.39 is 11.6 Å². The van der Waals surface area contributed by atoms with Gasteiger partial charge in [-0.3, -0.25) is 0 Å². The molecule has 0 bridgehead atoms. The molecule has 0 amide bonds. The van der Waals surface area contributed by atoms with Crippen molar-refractivity contribution < 1.29 is 8.78 Å². The first-order valence-corrected chi connectivity index (χ1v) is 6.89. The van der Waals surface area contributed by atoms with Gasteiger partial charge < -0.3 is 5.32 Å². The highest BCUT2D eigenvalue weighted by molar-refractivity contribution is 6.31. The van der Waals surface area contributed by atoms with Gasteiger partial charge in [-0.15, -0.1) is 0 Å². The van der Waals surface area contributed by atoms with E-state index in [1.165, 1.54) is 18.9 Å². The Labute approximate surface area is 112 Å². The third-order valence-corrected chi connectivity index (χ3v) is 4.00. The average molecular weight is 274 g/mol. The van der Waals surface area contributed by atoms with E-state index in [9.17, 15) is 8.78 Å². The minimum Gasteiger partial charge on any atom is -0.310 e. The molecule has 1 atom stereocenters. The van der Waals surface area contributed by atoms with E-state index in [4.69, 9.17) is 11.6 Å². The Kier molecular flexibility index (Phi) is 4.57. The largest absolute Gasteiger partial charge is 0.310 e. The van der Waals surface area contributed by atoms with Crippen molar-refractivity contribution in [2.24, 2.45) is 5.92 Å². The van der Waals surface area contributed by atoms with Crippen molar-refractivity contribution in [1.82, 2.24) is 5.32 Å². The van der Waals surface area contributed by atoms with Crippen LogP contribution in [0.1, 0.15) is 44.2 Å². The lowest BCUT2D eigenvalue weighted by atomic mass is 9.91. The SMILES string of the molecule is CCNC(c1cc(F)c(F)cc1Cl)C1CCCC1. The van der Waals surface area contributed by atoms with E-state index in [0.29, 0.717) is 16.5 Å². The molecule has 1 aliphatic carbocycles. The molecule has 1 aromatic rings. The average Bonchev–Trinajstić information content (AvgIpc) is 2.85. The zero-order valence-corrected chi connectivity index (χ0v) is 11.2. The number of hydrogen-bond acceptors (Lipinski definition) is 1. The second-order valence-electron chi connectivity index (χ2n) is 4.87. The molecule has 1 N–H and O–H groups in total. The summed E-state index contributed by atoms with van der Waals surface area (Å²) in [5.74, 6) is -1.24. The van der Waals surface area contributed by atoms with Crippen molar-refractivity contribution in [3.63, 3.8) is 0 Å². The summed E-state index contributed by atoms with van der Waals surface area (Å²) in [4.78, 5) is 0. The van der Waals surface area contributed by atoms with Crippen LogP contribution < -0.4 is 5.32 Å². The zero-order chi connectivity index (χ0) is 13.1. The second kappa shape index (κ2) is 5.98. The van der Waals surface area contributed by atoms with Crippen LogP contribution in [-0.4, -0.2) is 6.54 Å². The fourth-order valence-corrected chi connectivity index (χ4v) is 3.09. The zero-order valence-electron chi connectivity index (χ0n) is 10.5. The van der Waals surface area contributed by atoms with E-state index in [2.05, 4.69) is 5.32 Å². The number of halogens is 3. The smallest absolute Gasteiger partial charge is 0.160 e. The topological polar surface area (TPSA) is 12.0 Å². The van der Waals surface area contributed by atoms with Gasteiger partial charge in [0.25, 0.3) is 0 Å². The van der Waals surface area contributed by atoms with Crippen molar-refractivity contribution in [3.05, 3.63) is 34.4 Å². The van der Waals surface area contributed by atoms with E-state index in [1.54, 1.807) is 0 Å². The Bertz CT molecular complexity index is 417. The van der Waals surface area contributed by atoms with Gasteiger partial charge in [0.1, 0.15) is 0 Å². The predicted octanol–water partition coefficient (Wildman–Crippen LogP) is 4.46. The second-order valence-corrected chi connectivity index (χ2v) is 5.27. The molecule has 1 saturated carbocycles. The van der Waals surface area contributed by atoms with Crippen molar-refractivity contribution in [2.45, 2.75) is 38.6 Å². The van der Waals surface area contributed by atoms with E-state index in [-0.39, 0.29) is 6.04 Å². The molecular formula is C14H18ClF2N. The molecule has 4 heteroatoms. The molecule has 2 rings (SSSR count). The first-order chi connectivity index (χ1) is 8.63. The Hall–Kier alpha value is -0.670. The molecule has 0 radical (unpaired) electrons. The first kappa shape index (κ1) is 13.8. The van der Waals surface area contributed by atoms with Crippen LogP contribution in [0.15, 0.2) is 12.1 Å². The van der Waals surface area contributed by atoms with Crippen LogP contribution in [0.5, 0.6) is 0 Å². The van der Waals surface area contributed by atoms with Crippen LogP contribution >= 0.6 is 11.6 Å². The van der Waals surface area contributed by atoms with Gasteiger partial charge in [0.2, 0.25) is 0 Å². The van der Waals surface area contributed by atoms with Gasteiger partial charge in [-0.1, -0.05) is 31.4 Å². The maximum atomic E-state index is 13.4. The van der Waals surface area contributed by atoms with Gasteiger partial charge in [-0.25, -0.2) is 8.78 Å². The highest BCUT2D eigenvalue weighted by Gasteiger charge is 2.28. The number of hydrogen-bond donors (Lipinski definition) is 1.